The predicted molar refractivity (Wildman–Crippen MR) is 47.9 cm³/mol. The van der Waals surface area contributed by atoms with Crippen molar-refractivity contribution >= 4 is 5.91 Å². The van der Waals surface area contributed by atoms with Crippen LogP contribution in [-0.2, 0) is 9.53 Å². The van der Waals surface area contributed by atoms with Crippen molar-refractivity contribution in [1.82, 2.24) is 5.43 Å². The van der Waals surface area contributed by atoms with Crippen LogP contribution in [-0.4, -0.2) is 38.8 Å². The molecule has 0 aliphatic carbocycles. The quantitative estimate of drug-likeness (QED) is 0.261. The Morgan fingerprint density at radius 2 is 2.23 bits per heavy atom. The van der Waals surface area contributed by atoms with Crippen molar-refractivity contribution in [1.29, 1.82) is 0 Å². The zero-order chi connectivity index (χ0) is 9.68. The maximum atomic E-state index is 11.1. The normalized spacial score (nSPS) is 21.1. The van der Waals surface area contributed by atoms with E-state index in [4.69, 9.17) is 10.6 Å². The van der Waals surface area contributed by atoms with E-state index in [0.717, 1.165) is 32.8 Å². The van der Waals surface area contributed by atoms with Crippen molar-refractivity contribution in [3.63, 3.8) is 0 Å². The average Bonchev–Trinajstić information content (AvgIpc) is 2.18. The first-order valence-electron chi connectivity index (χ1n) is 4.66. The number of carbonyl (C=O) groups is 1. The minimum absolute atomic E-state index is 0.0156. The summed E-state index contributed by atoms with van der Waals surface area (Å²) in [6.07, 6.45) is 0. The Labute approximate surface area is 78.2 Å². The van der Waals surface area contributed by atoms with E-state index >= 15 is 0 Å². The highest BCUT2D eigenvalue weighted by molar-refractivity contribution is 5.77. The van der Waals surface area contributed by atoms with Gasteiger partial charge in [-0.1, -0.05) is 0 Å². The van der Waals surface area contributed by atoms with Crippen LogP contribution in [0.3, 0.4) is 0 Å². The van der Waals surface area contributed by atoms with E-state index in [1.54, 1.807) is 0 Å². The molecule has 0 aromatic rings. The molecule has 1 heterocycles. The lowest BCUT2D eigenvalue weighted by atomic mass is 10.1. The smallest absolute Gasteiger partial charge is 0.242 e. The first-order valence-corrected chi connectivity index (χ1v) is 4.66. The Morgan fingerprint density at radius 1 is 1.62 bits per heavy atom. The summed E-state index contributed by atoms with van der Waals surface area (Å²) in [5.41, 5.74) is 2.17. The van der Waals surface area contributed by atoms with Crippen LogP contribution in [0.4, 0.5) is 0 Å². The van der Waals surface area contributed by atoms with Crippen molar-refractivity contribution in [2.75, 3.05) is 32.8 Å². The molecular weight excluding hydrogens is 170 g/mol. The van der Waals surface area contributed by atoms with Crippen LogP contribution in [0.1, 0.15) is 6.92 Å². The molecule has 5 nitrogen and oxygen atoms in total. The molecular formula is C8H18N3O2+. The van der Waals surface area contributed by atoms with Crippen LogP contribution in [0.2, 0.25) is 0 Å². The third kappa shape index (κ3) is 3.30. The van der Waals surface area contributed by atoms with E-state index in [9.17, 15) is 4.79 Å². The molecule has 0 unspecified atom stereocenters. The number of hydrogen-bond donors (Lipinski definition) is 3. The molecule has 13 heavy (non-hydrogen) atoms. The SMILES string of the molecule is C[C@H](C[NH+]1CCOCC1)C(=O)NN. The van der Waals surface area contributed by atoms with Crippen molar-refractivity contribution < 1.29 is 14.4 Å². The van der Waals surface area contributed by atoms with Crippen LogP contribution in [0.15, 0.2) is 0 Å². The Balaban J connectivity index is 2.25. The largest absolute Gasteiger partial charge is 0.370 e. The van der Waals surface area contributed by atoms with Crippen molar-refractivity contribution in [2.24, 2.45) is 11.8 Å². The molecule has 1 aliphatic heterocycles. The Kier molecular flexibility index (Phi) is 4.14. The van der Waals surface area contributed by atoms with Crippen LogP contribution < -0.4 is 16.2 Å². The van der Waals surface area contributed by atoms with Crippen LogP contribution in [0.25, 0.3) is 0 Å². The molecule has 0 aromatic carbocycles. The lowest BCUT2D eigenvalue weighted by Gasteiger charge is -2.25. The fourth-order valence-electron chi connectivity index (χ4n) is 1.53. The van der Waals surface area contributed by atoms with Gasteiger partial charge in [0.15, 0.2) is 0 Å². The lowest BCUT2D eigenvalue weighted by molar-refractivity contribution is -0.910. The minimum Gasteiger partial charge on any atom is -0.370 e. The highest BCUT2D eigenvalue weighted by atomic mass is 16.5. The zero-order valence-electron chi connectivity index (χ0n) is 8.01. The zero-order valence-corrected chi connectivity index (χ0v) is 8.01. The molecule has 1 rings (SSSR count). The first kappa shape index (κ1) is 10.4. The summed E-state index contributed by atoms with van der Waals surface area (Å²) in [5, 5.41) is 0. The summed E-state index contributed by atoms with van der Waals surface area (Å²) in [6, 6.07) is 0. The molecule has 76 valence electrons. The summed E-state index contributed by atoms with van der Waals surface area (Å²) in [4.78, 5) is 12.5. The van der Waals surface area contributed by atoms with Gasteiger partial charge in [-0.15, -0.1) is 0 Å². The Morgan fingerprint density at radius 3 is 2.77 bits per heavy atom. The van der Waals surface area contributed by atoms with Gasteiger partial charge in [0.1, 0.15) is 13.1 Å². The first-order chi connectivity index (χ1) is 6.24. The topological polar surface area (TPSA) is 68.8 Å². The van der Waals surface area contributed by atoms with Gasteiger partial charge in [0, 0.05) is 0 Å². The molecule has 1 saturated heterocycles. The molecule has 1 fully saturated rings. The highest BCUT2D eigenvalue weighted by Crippen LogP contribution is 1.89. The van der Waals surface area contributed by atoms with Gasteiger partial charge in [0.25, 0.3) is 0 Å². The number of carbonyl (C=O) groups excluding carboxylic acids is 1. The molecule has 1 amide bonds. The minimum atomic E-state index is -0.0843. The average molecular weight is 188 g/mol. The summed E-state index contributed by atoms with van der Waals surface area (Å²) in [7, 11) is 0. The van der Waals surface area contributed by atoms with Crippen molar-refractivity contribution in [3.05, 3.63) is 0 Å². The monoisotopic (exact) mass is 188 g/mol. The number of rotatable bonds is 3. The second-order valence-corrected chi connectivity index (χ2v) is 3.48. The third-order valence-electron chi connectivity index (χ3n) is 2.38. The molecule has 0 aromatic heterocycles. The summed E-state index contributed by atoms with van der Waals surface area (Å²) in [5.74, 6) is 4.94. The van der Waals surface area contributed by atoms with Gasteiger partial charge >= 0.3 is 0 Å². The third-order valence-corrected chi connectivity index (χ3v) is 2.38. The van der Waals surface area contributed by atoms with Crippen molar-refractivity contribution in [2.45, 2.75) is 6.92 Å². The molecule has 0 radical (unpaired) electrons. The molecule has 0 spiro atoms. The van der Waals surface area contributed by atoms with Gasteiger partial charge in [-0.25, -0.2) is 5.84 Å². The number of hydrogen-bond acceptors (Lipinski definition) is 3. The van der Waals surface area contributed by atoms with Gasteiger partial charge in [-0.05, 0) is 6.92 Å². The van der Waals surface area contributed by atoms with Gasteiger partial charge in [0.2, 0.25) is 5.91 Å². The molecule has 1 atom stereocenters. The molecule has 4 N–H and O–H groups in total. The number of quaternary nitrogens is 1. The van der Waals surface area contributed by atoms with E-state index in [-0.39, 0.29) is 11.8 Å². The maximum Gasteiger partial charge on any atom is 0.242 e. The maximum absolute atomic E-state index is 11.1. The number of ether oxygens (including phenoxy) is 1. The summed E-state index contributed by atoms with van der Waals surface area (Å²) in [6.45, 7) is 6.31. The number of nitrogens with two attached hydrogens (primary N) is 1. The van der Waals surface area contributed by atoms with Crippen molar-refractivity contribution in [3.8, 4) is 0 Å². The highest BCUT2D eigenvalue weighted by Gasteiger charge is 2.20. The molecule has 0 saturated carbocycles. The molecule has 0 bridgehead atoms. The summed E-state index contributed by atoms with van der Waals surface area (Å²) >= 11 is 0. The molecule has 1 aliphatic rings. The van der Waals surface area contributed by atoms with E-state index in [0.29, 0.717) is 0 Å². The van der Waals surface area contributed by atoms with E-state index in [1.165, 1.54) is 4.90 Å². The van der Waals surface area contributed by atoms with Gasteiger partial charge in [0.05, 0.1) is 25.7 Å². The lowest BCUT2D eigenvalue weighted by Crippen LogP contribution is -3.14. The molecule has 5 heteroatoms. The van der Waals surface area contributed by atoms with Gasteiger partial charge in [-0.3, -0.25) is 10.2 Å². The van der Waals surface area contributed by atoms with E-state index in [1.807, 2.05) is 6.92 Å². The van der Waals surface area contributed by atoms with E-state index < -0.39 is 0 Å². The number of nitrogens with one attached hydrogen (secondary N) is 2. The van der Waals surface area contributed by atoms with Gasteiger partial charge in [-0.2, -0.15) is 0 Å². The van der Waals surface area contributed by atoms with Gasteiger partial charge < -0.3 is 9.64 Å². The number of hydrazine groups is 1. The predicted octanol–water partition coefficient (Wildman–Crippen LogP) is -2.47. The van der Waals surface area contributed by atoms with Crippen LogP contribution in [0.5, 0.6) is 0 Å². The fraction of sp³-hybridized carbons (Fsp3) is 0.875. The fourth-order valence-corrected chi connectivity index (χ4v) is 1.53. The number of morpholine rings is 1. The van der Waals surface area contributed by atoms with Crippen LogP contribution in [0, 0.1) is 5.92 Å². The Hall–Kier alpha value is -0.650. The van der Waals surface area contributed by atoms with Crippen LogP contribution >= 0.6 is 0 Å². The van der Waals surface area contributed by atoms with E-state index in [2.05, 4.69) is 5.43 Å². The standard InChI is InChI=1S/C8H17N3O2/c1-7(8(12)10-9)6-11-2-4-13-5-3-11/h7H,2-6,9H2,1H3,(H,10,12)/p+1/t7-/m1/s1. The second-order valence-electron chi connectivity index (χ2n) is 3.48. The summed E-state index contributed by atoms with van der Waals surface area (Å²) < 4.78 is 5.22. The Bertz CT molecular complexity index is 169. The second kappa shape index (κ2) is 5.16. The number of amides is 1.